The van der Waals surface area contributed by atoms with Crippen molar-refractivity contribution in [3.05, 3.63) is 114 Å². The Hall–Kier alpha value is -2.97. The molecule has 0 radical (unpaired) electrons. The fraction of sp³-hybridized carbons (Fsp3) is 0.160. The van der Waals surface area contributed by atoms with Crippen LogP contribution >= 0.6 is 0 Å². The highest BCUT2D eigenvalue weighted by molar-refractivity contribution is 5.82. The molecule has 0 aromatic heterocycles. The third-order valence-corrected chi connectivity index (χ3v) is 5.99. The molecule has 27 heavy (non-hydrogen) atoms. The summed E-state index contributed by atoms with van der Waals surface area (Å²) in [6, 6.07) is 30.6. The van der Waals surface area contributed by atoms with Crippen molar-refractivity contribution in [1.29, 1.82) is 0 Å². The number of hydrogen-bond donors (Lipinski definition) is 1. The number of aliphatic imine (C=N–C) groups is 1. The maximum absolute atomic E-state index is 12.2. The second kappa shape index (κ2) is 6.04. The van der Waals surface area contributed by atoms with Crippen LogP contribution in [0.2, 0.25) is 0 Å². The Morgan fingerprint density at radius 1 is 0.741 bits per heavy atom. The molecule has 1 N–H and O–H groups in total. The topological polar surface area (TPSA) is 32.6 Å². The van der Waals surface area contributed by atoms with Crippen molar-refractivity contribution < 1.29 is 5.11 Å². The minimum absolute atomic E-state index is 0.0648. The van der Waals surface area contributed by atoms with Gasteiger partial charge in [0.15, 0.2) is 0 Å². The van der Waals surface area contributed by atoms with Gasteiger partial charge in [-0.3, -0.25) is 4.99 Å². The molecule has 2 aliphatic rings. The summed E-state index contributed by atoms with van der Waals surface area (Å²) in [7, 11) is 0. The van der Waals surface area contributed by atoms with Crippen molar-refractivity contribution in [3.8, 4) is 0 Å². The summed E-state index contributed by atoms with van der Waals surface area (Å²) in [6.07, 6.45) is 4.91. The molecule has 3 aromatic rings. The van der Waals surface area contributed by atoms with Crippen LogP contribution < -0.4 is 0 Å². The van der Waals surface area contributed by atoms with E-state index in [9.17, 15) is 5.11 Å². The number of benzene rings is 3. The molecule has 1 aliphatic carbocycles. The van der Waals surface area contributed by atoms with E-state index in [2.05, 4.69) is 30.3 Å². The zero-order valence-corrected chi connectivity index (χ0v) is 15.0. The van der Waals surface area contributed by atoms with Gasteiger partial charge in [-0.2, -0.15) is 0 Å². The summed E-state index contributed by atoms with van der Waals surface area (Å²) in [4.78, 5) is 4.93. The third kappa shape index (κ3) is 2.27. The average molecular weight is 351 g/mol. The summed E-state index contributed by atoms with van der Waals surface area (Å²) in [5, 5.41) is 12.2. The van der Waals surface area contributed by atoms with E-state index in [0.717, 1.165) is 28.7 Å². The molecule has 3 aromatic carbocycles. The van der Waals surface area contributed by atoms with E-state index in [4.69, 9.17) is 4.99 Å². The van der Waals surface area contributed by atoms with Gasteiger partial charge in [-0.1, -0.05) is 91.0 Å². The maximum atomic E-state index is 12.2. The Balaban J connectivity index is 1.78. The molecule has 0 spiro atoms. The molecule has 3 atom stereocenters. The molecule has 2 nitrogen and oxygen atoms in total. The van der Waals surface area contributed by atoms with Gasteiger partial charge in [0.25, 0.3) is 0 Å². The smallest absolute Gasteiger partial charge is 0.121 e. The first-order valence-electron chi connectivity index (χ1n) is 9.41. The molecule has 0 fully saturated rings. The molecule has 2 heteroatoms. The predicted molar refractivity (Wildman–Crippen MR) is 109 cm³/mol. The van der Waals surface area contributed by atoms with Crippen molar-refractivity contribution in [3.63, 3.8) is 0 Å². The normalized spacial score (nSPS) is 28.8. The summed E-state index contributed by atoms with van der Waals surface area (Å²) < 4.78 is 0. The van der Waals surface area contributed by atoms with Crippen LogP contribution in [0.1, 0.15) is 23.1 Å². The first-order chi connectivity index (χ1) is 13.2. The number of fused-ring (bicyclic) bond motifs is 1. The Kier molecular flexibility index (Phi) is 3.63. The summed E-state index contributed by atoms with van der Waals surface area (Å²) in [6.45, 7) is 0. The number of aliphatic hydroxyl groups is 1. The second-order valence-electron chi connectivity index (χ2n) is 7.35. The standard InChI is InChI=1S/C25H21NO/c27-25(21-14-8-3-9-15-21)22(19-10-4-1-5-11-19)18-24(23(25)16-17-26-24)20-12-6-2-7-13-20/h1-15,17-18,23,27H,16H2/t23-,24+,25+/m0/s1. The van der Waals surface area contributed by atoms with Crippen molar-refractivity contribution >= 4 is 11.8 Å². The first-order valence-corrected chi connectivity index (χ1v) is 9.41. The molecule has 1 aliphatic heterocycles. The first kappa shape index (κ1) is 16.2. The lowest BCUT2D eigenvalue weighted by atomic mass is 9.71. The molecule has 0 amide bonds. The van der Waals surface area contributed by atoms with Crippen LogP contribution in [0.4, 0.5) is 0 Å². The van der Waals surface area contributed by atoms with Gasteiger partial charge in [-0.05, 0) is 34.8 Å². The quantitative estimate of drug-likeness (QED) is 0.711. The van der Waals surface area contributed by atoms with Gasteiger partial charge in [0.2, 0.25) is 0 Å². The third-order valence-electron chi connectivity index (χ3n) is 5.99. The predicted octanol–water partition coefficient (Wildman–Crippen LogP) is 4.96. The highest BCUT2D eigenvalue weighted by Gasteiger charge is 2.59. The van der Waals surface area contributed by atoms with E-state index in [1.807, 2.05) is 72.9 Å². The Bertz CT molecular complexity index is 1010. The van der Waals surface area contributed by atoms with Gasteiger partial charge in [0.05, 0.1) is 0 Å². The molecule has 5 rings (SSSR count). The van der Waals surface area contributed by atoms with Gasteiger partial charge in [0.1, 0.15) is 11.1 Å². The highest BCUT2D eigenvalue weighted by atomic mass is 16.3. The molecule has 0 saturated heterocycles. The number of nitrogens with zero attached hydrogens (tertiary/aromatic N) is 1. The summed E-state index contributed by atoms with van der Waals surface area (Å²) in [5.74, 6) is -0.0648. The zero-order chi connectivity index (χ0) is 18.3. The molecule has 1 heterocycles. The lowest BCUT2D eigenvalue weighted by Crippen LogP contribution is -2.39. The zero-order valence-electron chi connectivity index (χ0n) is 15.0. The minimum Gasteiger partial charge on any atom is -0.380 e. The van der Waals surface area contributed by atoms with Crippen molar-refractivity contribution in [2.75, 3.05) is 0 Å². The number of rotatable bonds is 3. The summed E-state index contributed by atoms with van der Waals surface area (Å²) >= 11 is 0. The van der Waals surface area contributed by atoms with E-state index in [1.54, 1.807) is 0 Å². The molecular weight excluding hydrogens is 330 g/mol. The van der Waals surface area contributed by atoms with Gasteiger partial charge in [-0.15, -0.1) is 0 Å². The van der Waals surface area contributed by atoms with Gasteiger partial charge in [0, 0.05) is 12.1 Å². The fourth-order valence-corrected chi connectivity index (χ4v) is 4.76. The van der Waals surface area contributed by atoms with Gasteiger partial charge in [-0.25, -0.2) is 0 Å². The van der Waals surface area contributed by atoms with Crippen LogP contribution in [0.25, 0.3) is 5.57 Å². The maximum Gasteiger partial charge on any atom is 0.121 e. The lowest BCUT2D eigenvalue weighted by Gasteiger charge is -2.37. The fourth-order valence-electron chi connectivity index (χ4n) is 4.76. The van der Waals surface area contributed by atoms with E-state index in [-0.39, 0.29) is 5.92 Å². The monoisotopic (exact) mass is 351 g/mol. The average Bonchev–Trinajstić information content (AvgIpc) is 3.28. The molecule has 132 valence electrons. The van der Waals surface area contributed by atoms with Crippen LogP contribution in [-0.2, 0) is 11.1 Å². The van der Waals surface area contributed by atoms with E-state index < -0.39 is 11.1 Å². The van der Waals surface area contributed by atoms with Crippen LogP contribution in [0.15, 0.2) is 102 Å². The molecule has 0 saturated carbocycles. The van der Waals surface area contributed by atoms with Gasteiger partial charge < -0.3 is 5.11 Å². The SMILES string of the molecule is O[C@]1(c2ccccc2)C(c2ccccc2)=C[C@]2(c3ccccc3)N=CC[C@@H]21. The van der Waals surface area contributed by atoms with E-state index in [1.165, 1.54) is 0 Å². The van der Waals surface area contributed by atoms with E-state index >= 15 is 0 Å². The highest BCUT2D eigenvalue weighted by Crippen LogP contribution is 2.60. The molecule has 0 unspecified atom stereocenters. The number of hydrogen-bond acceptors (Lipinski definition) is 2. The Morgan fingerprint density at radius 3 is 1.93 bits per heavy atom. The van der Waals surface area contributed by atoms with Crippen LogP contribution in [0, 0.1) is 5.92 Å². The Labute approximate surface area is 159 Å². The Morgan fingerprint density at radius 2 is 1.30 bits per heavy atom. The van der Waals surface area contributed by atoms with Crippen molar-refractivity contribution in [2.45, 2.75) is 17.6 Å². The van der Waals surface area contributed by atoms with Crippen LogP contribution in [0.5, 0.6) is 0 Å². The van der Waals surface area contributed by atoms with Gasteiger partial charge >= 0.3 is 0 Å². The summed E-state index contributed by atoms with van der Waals surface area (Å²) in [5.41, 5.74) is 2.42. The molecule has 0 bridgehead atoms. The van der Waals surface area contributed by atoms with Crippen molar-refractivity contribution in [1.82, 2.24) is 0 Å². The van der Waals surface area contributed by atoms with Crippen LogP contribution in [-0.4, -0.2) is 11.3 Å². The minimum atomic E-state index is -1.09. The van der Waals surface area contributed by atoms with Crippen LogP contribution in [0.3, 0.4) is 0 Å². The largest absolute Gasteiger partial charge is 0.380 e. The lowest BCUT2D eigenvalue weighted by molar-refractivity contribution is 0.0282. The second-order valence-corrected chi connectivity index (χ2v) is 7.35. The molecular formula is C25H21NO. The van der Waals surface area contributed by atoms with Crippen molar-refractivity contribution in [2.24, 2.45) is 10.9 Å². The van der Waals surface area contributed by atoms with E-state index in [0.29, 0.717) is 0 Å².